The molecule has 0 fully saturated rings. The number of unbranched alkanes of at least 4 members (excludes halogenated alkanes) is 10. The first kappa shape index (κ1) is 49.2. The van der Waals surface area contributed by atoms with Gasteiger partial charge in [-0.15, -0.1) is 0 Å². The molecule has 0 aliphatic carbocycles. The smallest absolute Gasteiger partial charge is 0.317 e. The van der Waals surface area contributed by atoms with E-state index in [1.165, 1.54) is 4.90 Å². The maximum absolute atomic E-state index is 12.5. The lowest BCUT2D eigenvalue weighted by Gasteiger charge is -2.25. The summed E-state index contributed by atoms with van der Waals surface area (Å²) < 4.78 is 0. The number of rotatable bonds is 38. The minimum atomic E-state index is -1.10. The third-order valence-corrected chi connectivity index (χ3v) is 8.67. The van der Waals surface area contributed by atoms with Crippen molar-refractivity contribution in [2.75, 3.05) is 65.4 Å². The van der Waals surface area contributed by atoms with Crippen LogP contribution in [0.3, 0.4) is 0 Å². The normalized spacial score (nSPS) is 11.7. The summed E-state index contributed by atoms with van der Waals surface area (Å²) in [5, 5.41) is 53.9. The fourth-order valence-electron chi connectivity index (χ4n) is 5.88. The van der Waals surface area contributed by atoms with Gasteiger partial charge < -0.3 is 41.5 Å². The van der Waals surface area contributed by atoms with Crippen LogP contribution in [0.2, 0.25) is 0 Å². The molecule has 1 atom stereocenters. The topological polar surface area (TPSA) is 263 Å². The van der Waals surface area contributed by atoms with Crippen LogP contribution in [0.4, 0.5) is 0 Å². The lowest BCUT2D eigenvalue weighted by Crippen LogP contribution is -2.46. The van der Waals surface area contributed by atoms with Crippen molar-refractivity contribution in [2.24, 2.45) is 5.92 Å². The molecule has 8 N–H and O–H groups in total. The third-order valence-electron chi connectivity index (χ3n) is 8.67. The van der Waals surface area contributed by atoms with Crippen molar-refractivity contribution < 1.29 is 59.1 Å². The van der Waals surface area contributed by atoms with E-state index in [0.29, 0.717) is 38.9 Å². The Morgan fingerprint density at radius 1 is 0.434 bits per heavy atom. The number of hydrogen-bond donors (Lipinski definition) is 8. The van der Waals surface area contributed by atoms with Crippen molar-refractivity contribution in [3.05, 3.63) is 0 Å². The minimum absolute atomic E-state index is 0.0310. The SMILES string of the molecule is O=C(O)CCCCCCCCCCNC(=O)CN(CCN(CCNCC(=O)NCCCCCCC(CCCC(=O)O)CC(=O)O)CC(=O)O)CC(=O)O. The Balaban J connectivity index is 4.29. The Kier molecular flexibility index (Phi) is 30.4. The first-order chi connectivity index (χ1) is 25.3. The summed E-state index contributed by atoms with van der Waals surface area (Å²) in [5.41, 5.74) is 0. The maximum atomic E-state index is 12.5. The van der Waals surface area contributed by atoms with Crippen LogP contribution < -0.4 is 16.0 Å². The predicted molar refractivity (Wildman–Crippen MR) is 197 cm³/mol. The summed E-state index contributed by atoms with van der Waals surface area (Å²) in [4.78, 5) is 83.0. The quantitative estimate of drug-likeness (QED) is 0.0421. The Hall–Kier alpha value is -3.83. The van der Waals surface area contributed by atoms with Gasteiger partial charge in [0.25, 0.3) is 0 Å². The van der Waals surface area contributed by atoms with E-state index in [9.17, 15) is 43.8 Å². The van der Waals surface area contributed by atoms with Gasteiger partial charge in [-0.3, -0.25) is 43.4 Å². The number of carboxylic acid groups (broad SMARTS) is 5. The number of aliphatic carboxylic acids is 5. The molecular weight excluding hydrogens is 694 g/mol. The van der Waals surface area contributed by atoms with Gasteiger partial charge in [0.2, 0.25) is 11.8 Å². The minimum Gasteiger partial charge on any atom is -0.481 e. The molecule has 53 heavy (non-hydrogen) atoms. The molecule has 0 aromatic rings. The standard InChI is InChI=1S/C36H65N5O12/c42-30(38-18-12-8-6-9-14-29(24-34(48)49)15-13-17-33(46)47)25-37-20-21-40(27-35(50)51)22-23-41(28-36(52)53)26-31(43)39-19-11-7-4-2-1-3-5-10-16-32(44)45/h29,37H,1-28H2,(H,38,42)(H,39,43)(H,44,45)(H,46,47)(H,48,49)(H,50,51)(H,52,53). The van der Waals surface area contributed by atoms with Crippen LogP contribution in [0, 0.1) is 5.92 Å². The molecule has 0 saturated carbocycles. The maximum Gasteiger partial charge on any atom is 0.317 e. The zero-order valence-corrected chi connectivity index (χ0v) is 31.4. The van der Waals surface area contributed by atoms with E-state index in [1.807, 2.05) is 0 Å². The largest absolute Gasteiger partial charge is 0.481 e. The molecule has 0 spiro atoms. The van der Waals surface area contributed by atoms with Crippen molar-refractivity contribution in [1.82, 2.24) is 25.8 Å². The van der Waals surface area contributed by atoms with Gasteiger partial charge in [-0.1, -0.05) is 57.8 Å². The van der Waals surface area contributed by atoms with Crippen molar-refractivity contribution in [3.63, 3.8) is 0 Å². The van der Waals surface area contributed by atoms with Gasteiger partial charge in [-0.05, 0) is 44.4 Å². The van der Waals surface area contributed by atoms with Crippen molar-refractivity contribution >= 4 is 41.7 Å². The highest BCUT2D eigenvalue weighted by atomic mass is 16.4. The second-order valence-corrected chi connectivity index (χ2v) is 13.6. The summed E-state index contributed by atoms with van der Waals surface area (Å²) in [5.74, 6) is -5.26. The molecule has 0 radical (unpaired) electrons. The van der Waals surface area contributed by atoms with Crippen LogP contribution in [0.5, 0.6) is 0 Å². The average Bonchev–Trinajstić information content (AvgIpc) is 3.06. The fourth-order valence-corrected chi connectivity index (χ4v) is 5.88. The Labute approximate surface area is 313 Å². The number of nitrogens with one attached hydrogen (secondary N) is 3. The summed E-state index contributed by atoms with van der Waals surface area (Å²) in [6, 6.07) is 0. The van der Waals surface area contributed by atoms with Gasteiger partial charge >= 0.3 is 29.8 Å². The molecule has 306 valence electrons. The van der Waals surface area contributed by atoms with Gasteiger partial charge in [-0.25, -0.2) is 0 Å². The van der Waals surface area contributed by atoms with Gasteiger partial charge in [0.05, 0.1) is 26.2 Å². The Morgan fingerprint density at radius 2 is 0.906 bits per heavy atom. The lowest BCUT2D eigenvalue weighted by molar-refractivity contribution is -0.140. The fraction of sp³-hybridized carbons (Fsp3) is 0.806. The number of carbonyl (C=O) groups excluding carboxylic acids is 2. The highest BCUT2D eigenvalue weighted by Gasteiger charge is 2.17. The van der Waals surface area contributed by atoms with E-state index < -0.39 is 29.8 Å². The van der Waals surface area contributed by atoms with Crippen LogP contribution in [0.15, 0.2) is 0 Å². The lowest BCUT2D eigenvalue weighted by atomic mass is 9.92. The summed E-state index contributed by atoms with van der Waals surface area (Å²) in [6.07, 6.45) is 12.8. The molecule has 0 aliphatic heterocycles. The van der Waals surface area contributed by atoms with Crippen LogP contribution in [0.25, 0.3) is 0 Å². The Morgan fingerprint density at radius 3 is 1.47 bits per heavy atom. The monoisotopic (exact) mass is 759 g/mol. The molecule has 0 aromatic heterocycles. The van der Waals surface area contributed by atoms with Gasteiger partial charge in [0, 0.05) is 58.5 Å². The van der Waals surface area contributed by atoms with Crippen LogP contribution in [-0.2, 0) is 33.6 Å². The Bertz CT molecular complexity index is 1080. The highest BCUT2D eigenvalue weighted by Crippen LogP contribution is 2.20. The molecule has 0 aromatic carbocycles. The molecule has 0 heterocycles. The van der Waals surface area contributed by atoms with E-state index >= 15 is 0 Å². The van der Waals surface area contributed by atoms with E-state index in [1.54, 1.807) is 4.90 Å². The van der Waals surface area contributed by atoms with Crippen LogP contribution in [-0.4, -0.2) is 142 Å². The number of carbonyl (C=O) groups is 7. The van der Waals surface area contributed by atoms with E-state index in [4.69, 9.17) is 15.3 Å². The third kappa shape index (κ3) is 35.0. The molecule has 17 heteroatoms. The molecule has 0 saturated heterocycles. The van der Waals surface area contributed by atoms with Crippen molar-refractivity contribution in [1.29, 1.82) is 0 Å². The van der Waals surface area contributed by atoms with Crippen LogP contribution in [0.1, 0.15) is 116 Å². The van der Waals surface area contributed by atoms with Crippen molar-refractivity contribution in [3.8, 4) is 0 Å². The van der Waals surface area contributed by atoms with Gasteiger partial charge in [-0.2, -0.15) is 0 Å². The molecule has 2 amide bonds. The number of hydrogen-bond acceptors (Lipinski definition) is 10. The second kappa shape index (κ2) is 32.8. The molecular formula is C36H65N5O12. The summed E-state index contributed by atoms with van der Waals surface area (Å²) >= 11 is 0. The van der Waals surface area contributed by atoms with Crippen LogP contribution >= 0.6 is 0 Å². The first-order valence-corrected chi connectivity index (χ1v) is 19.1. The second-order valence-electron chi connectivity index (χ2n) is 13.6. The number of nitrogens with zero attached hydrogens (tertiary/aromatic N) is 2. The van der Waals surface area contributed by atoms with E-state index in [2.05, 4.69) is 16.0 Å². The first-order valence-electron chi connectivity index (χ1n) is 19.1. The molecule has 17 nitrogen and oxygen atoms in total. The molecule has 0 aliphatic rings. The predicted octanol–water partition coefficient (Wildman–Crippen LogP) is 2.47. The number of amides is 2. The summed E-state index contributed by atoms with van der Waals surface area (Å²) in [7, 11) is 0. The van der Waals surface area contributed by atoms with Crippen molar-refractivity contribution in [2.45, 2.75) is 116 Å². The van der Waals surface area contributed by atoms with Gasteiger partial charge in [0.15, 0.2) is 0 Å². The number of carboxylic acids is 5. The van der Waals surface area contributed by atoms with E-state index in [-0.39, 0.29) is 82.8 Å². The molecule has 0 rings (SSSR count). The van der Waals surface area contributed by atoms with Gasteiger partial charge in [0.1, 0.15) is 0 Å². The average molecular weight is 760 g/mol. The summed E-state index contributed by atoms with van der Waals surface area (Å²) in [6.45, 7) is 1.15. The zero-order valence-electron chi connectivity index (χ0n) is 31.4. The van der Waals surface area contributed by atoms with E-state index in [0.717, 1.165) is 77.0 Å². The molecule has 1 unspecified atom stereocenters. The molecule has 0 bridgehead atoms. The highest BCUT2D eigenvalue weighted by molar-refractivity contribution is 5.79. The zero-order chi connectivity index (χ0) is 39.7.